The summed E-state index contributed by atoms with van der Waals surface area (Å²) in [6.07, 6.45) is 1.05. The van der Waals surface area contributed by atoms with Crippen LogP contribution >= 0.6 is 11.6 Å². The number of nitrogens with one attached hydrogen (secondary N) is 1. The third-order valence-corrected chi connectivity index (χ3v) is 2.63. The fourth-order valence-corrected chi connectivity index (χ4v) is 1.72. The van der Waals surface area contributed by atoms with E-state index in [1.165, 1.54) is 0 Å². The maximum atomic E-state index is 11.7. The molecular formula is C11H11ClN2O2. The second kappa shape index (κ2) is 4.53. The Morgan fingerprint density at radius 2 is 1.88 bits per heavy atom. The number of hydrogen-bond acceptors (Lipinski definition) is 2. The summed E-state index contributed by atoms with van der Waals surface area (Å²) in [6, 6.07) is 6.26. The van der Waals surface area contributed by atoms with E-state index in [0.29, 0.717) is 30.1 Å². The maximum absolute atomic E-state index is 11.7. The summed E-state index contributed by atoms with van der Waals surface area (Å²) in [7, 11) is 0. The summed E-state index contributed by atoms with van der Waals surface area (Å²) in [4.78, 5) is 24.6. The Hall–Kier alpha value is -1.55. The van der Waals surface area contributed by atoms with E-state index in [4.69, 9.17) is 11.6 Å². The van der Waals surface area contributed by atoms with Crippen molar-refractivity contribution < 1.29 is 9.59 Å². The lowest BCUT2D eigenvalue weighted by atomic mass is 10.2. The topological polar surface area (TPSA) is 49.4 Å². The molecular weight excluding hydrogens is 228 g/mol. The number of amides is 3. The molecule has 0 radical (unpaired) electrons. The Morgan fingerprint density at radius 3 is 2.56 bits per heavy atom. The monoisotopic (exact) mass is 238 g/mol. The van der Waals surface area contributed by atoms with E-state index >= 15 is 0 Å². The van der Waals surface area contributed by atoms with Crippen molar-refractivity contribution in [1.29, 1.82) is 0 Å². The van der Waals surface area contributed by atoms with E-state index in [2.05, 4.69) is 5.32 Å². The summed E-state index contributed by atoms with van der Waals surface area (Å²) >= 11 is 5.75. The first-order valence-corrected chi connectivity index (χ1v) is 5.42. The third kappa shape index (κ3) is 2.17. The highest BCUT2D eigenvalue weighted by atomic mass is 35.5. The van der Waals surface area contributed by atoms with Crippen molar-refractivity contribution in [2.75, 3.05) is 11.4 Å². The summed E-state index contributed by atoms with van der Waals surface area (Å²) in [6.45, 7) is 0.536. The van der Waals surface area contributed by atoms with Gasteiger partial charge in [-0.3, -0.25) is 4.79 Å². The average molecular weight is 239 g/mol. The number of urea groups is 1. The second-order valence-electron chi connectivity index (χ2n) is 3.54. The van der Waals surface area contributed by atoms with Gasteiger partial charge in [0.1, 0.15) is 0 Å². The van der Waals surface area contributed by atoms with Gasteiger partial charge in [-0.25, -0.2) is 9.69 Å². The molecule has 1 N–H and O–H groups in total. The molecule has 1 aliphatic heterocycles. The Bertz CT molecular complexity index is 398. The highest BCUT2D eigenvalue weighted by Gasteiger charge is 2.25. The quantitative estimate of drug-likeness (QED) is 0.815. The van der Waals surface area contributed by atoms with Crippen molar-refractivity contribution >= 4 is 29.2 Å². The number of imide groups is 1. The van der Waals surface area contributed by atoms with E-state index < -0.39 is 0 Å². The van der Waals surface area contributed by atoms with E-state index in [1.54, 1.807) is 24.3 Å². The lowest BCUT2D eigenvalue weighted by Gasteiger charge is -2.18. The minimum atomic E-state index is -0.371. The van der Waals surface area contributed by atoms with Crippen molar-refractivity contribution in [1.82, 2.24) is 5.32 Å². The molecule has 1 saturated heterocycles. The molecule has 0 atom stereocenters. The predicted octanol–water partition coefficient (Wildman–Crippen LogP) is 2.18. The van der Waals surface area contributed by atoms with Crippen LogP contribution in [0.25, 0.3) is 0 Å². The maximum Gasteiger partial charge on any atom is 0.328 e. The van der Waals surface area contributed by atoms with Gasteiger partial charge in [0, 0.05) is 18.0 Å². The summed E-state index contributed by atoms with van der Waals surface area (Å²) < 4.78 is 0. The van der Waals surface area contributed by atoms with Gasteiger partial charge in [-0.1, -0.05) is 11.6 Å². The minimum Gasteiger partial charge on any atom is -0.337 e. The van der Waals surface area contributed by atoms with Gasteiger partial charge >= 0.3 is 6.03 Å². The number of hydrogen-bond donors (Lipinski definition) is 1. The first-order chi connectivity index (χ1) is 7.68. The molecule has 1 aromatic carbocycles. The smallest absolute Gasteiger partial charge is 0.328 e. The normalized spacial score (nSPS) is 16.9. The lowest BCUT2D eigenvalue weighted by molar-refractivity contribution is -0.117. The van der Waals surface area contributed by atoms with Gasteiger partial charge in [0.05, 0.1) is 5.69 Å². The SMILES string of the molecule is O=C1CCCNC(=O)N1c1ccc(Cl)cc1. The second-order valence-corrected chi connectivity index (χ2v) is 3.98. The molecule has 0 aliphatic carbocycles. The highest BCUT2D eigenvalue weighted by molar-refractivity contribution is 6.30. The van der Waals surface area contributed by atoms with Gasteiger partial charge in [0.15, 0.2) is 0 Å². The van der Waals surface area contributed by atoms with Crippen LogP contribution in [0, 0.1) is 0 Å². The van der Waals surface area contributed by atoms with Crippen molar-refractivity contribution in [3.8, 4) is 0 Å². The zero-order valence-corrected chi connectivity index (χ0v) is 9.33. The number of carbonyl (C=O) groups excluding carboxylic acids is 2. The molecule has 3 amide bonds. The van der Waals surface area contributed by atoms with Gasteiger partial charge in [0.25, 0.3) is 0 Å². The van der Waals surface area contributed by atoms with Crippen LogP contribution in [0.5, 0.6) is 0 Å². The molecule has 0 bridgehead atoms. The number of nitrogens with zero attached hydrogens (tertiary/aromatic N) is 1. The zero-order chi connectivity index (χ0) is 11.5. The third-order valence-electron chi connectivity index (χ3n) is 2.38. The van der Waals surface area contributed by atoms with E-state index in [9.17, 15) is 9.59 Å². The van der Waals surface area contributed by atoms with Crippen LogP contribution in [0.2, 0.25) is 5.02 Å². The van der Waals surface area contributed by atoms with Crippen molar-refractivity contribution in [2.45, 2.75) is 12.8 Å². The first kappa shape index (κ1) is 11.0. The van der Waals surface area contributed by atoms with Crippen LogP contribution in [0.15, 0.2) is 24.3 Å². The summed E-state index contributed by atoms with van der Waals surface area (Å²) in [5.41, 5.74) is 0.550. The van der Waals surface area contributed by atoms with Crippen LogP contribution in [-0.4, -0.2) is 18.5 Å². The Labute approximate surface area is 98.2 Å². The lowest BCUT2D eigenvalue weighted by Crippen LogP contribution is -2.41. The van der Waals surface area contributed by atoms with Crippen LogP contribution < -0.4 is 10.2 Å². The summed E-state index contributed by atoms with van der Waals surface area (Å²) in [5, 5.41) is 3.25. The first-order valence-electron chi connectivity index (χ1n) is 5.05. The van der Waals surface area contributed by atoms with E-state index in [1.807, 2.05) is 0 Å². The molecule has 5 heteroatoms. The number of halogens is 1. The molecule has 1 heterocycles. The molecule has 84 valence electrons. The van der Waals surface area contributed by atoms with Gasteiger partial charge in [-0.2, -0.15) is 0 Å². The van der Waals surface area contributed by atoms with Crippen molar-refractivity contribution in [3.63, 3.8) is 0 Å². The predicted molar refractivity (Wildman–Crippen MR) is 61.6 cm³/mol. The van der Waals surface area contributed by atoms with Gasteiger partial charge in [0.2, 0.25) is 5.91 Å². The van der Waals surface area contributed by atoms with Gasteiger partial charge in [-0.15, -0.1) is 0 Å². The highest BCUT2D eigenvalue weighted by Crippen LogP contribution is 2.20. The number of carbonyl (C=O) groups is 2. The van der Waals surface area contributed by atoms with Crippen LogP contribution in [0.4, 0.5) is 10.5 Å². The van der Waals surface area contributed by atoms with Gasteiger partial charge < -0.3 is 5.32 Å². The Balaban J connectivity index is 2.32. The van der Waals surface area contributed by atoms with Gasteiger partial charge in [-0.05, 0) is 30.7 Å². The molecule has 1 fully saturated rings. The van der Waals surface area contributed by atoms with E-state index in [-0.39, 0.29) is 11.9 Å². The van der Waals surface area contributed by atoms with Crippen molar-refractivity contribution in [2.24, 2.45) is 0 Å². The molecule has 0 spiro atoms. The molecule has 0 aromatic heterocycles. The number of benzene rings is 1. The average Bonchev–Trinajstić information content (AvgIpc) is 2.42. The molecule has 2 rings (SSSR count). The minimum absolute atomic E-state index is 0.183. The summed E-state index contributed by atoms with van der Waals surface area (Å²) in [5.74, 6) is -0.183. The molecule has 1 aromatic rings. The van der Waals surface area contributed by atoms with Crippen LogP contribution in [0.1, 0.15) is 12.8 Å². The van der Waals surface area contributed by atoms with E-state index in [0.717, 1.165) is 4.90 Å². The zero-order valence-electron chi connectivity index (χ0n) is 8.57. The number of rotatable bonds is 1. The standard InChI is InChI=1S/C11H11ClN2O2/c12-8-3-5-9(6-4-8)14-10(15)2-1-7-13-11(14)16/h3-6H,1-2,7H2,(H,13,16). The largest absolute Gasteiger partial charge is 0.337 e. The molecule has 16 heavy (non-hydrogen) atoms. The molecule has 1 aliphatic rings. The number of anilines is 1. The van der Waals surface area contributed by atoms with Crippen molar-refractivity contribution in [3.05, 3.63) is 29.3 Å². The molecule has 4 nitrogen and oxygen atoms in total. The molecule has 0 saturated carbocycles. The fourth-order valence-electron chi connectivity index (χ4n) is 1.59. The van der Waals surface area contributed by atoms with Crippen LogP contribution in [0.3, 0.4) is 0 Å². The molecule has 0 unspecified atom stereocenters. The van der Waals surface area contributed by atoms with Crippen LogP contribution in [-0.2, 0) is 4.79 Å². The fraction of sp³-hybridized carbons (Fsp3) is 0.273. The Morgan fingerprint density at radius 1 is 1.19 bits per heavy atom. The Kier molecular flexibility index (Phi) is 3.10.